The van der Waals surface area contributed by atoms with E-state index >= 15 is 0 Å². The van der Waals surface area contributed by atoms with Crippen LogP contribution in [-0.4, -0.2) is 20.7 Å². The average molecular weight is 264 g/mol. The Morgan fingerprint density at radius 2 is 1.83 bits per heavy atom. The second kappa shape index (κ2) is 6.53. The summed E-state index contributed by atoms with van der Waals surface area (Å²) in [6.07, 6.45) is 0. The molecule has 0 aliphatic heterocycles. The number of hydrogen-bond acceptors (Lipinski definition) is 1. The second-order valence-electron chi connectivity index (χ2n) is 6.94. The molecule has 1 N–H and O–H groups in total. The fourth-order valence-corrected chi connectivity index (χ4v) is 4.21. The van der Waals surface area contributed by atoms with Crippen molar-refractivity contribution in [1.82, 2.24) is 5.32 Å². The standard InChI is InChI=1S/C16H29NSi/c1-13(2)17-11-16(12-18(4,5)6)15-9-7-8-14(3)10-15/h7-10,13,16-17H,11-12H2,1-6H3. The van der Waals surface area contributed by atoms with Gasteiger partial charge in [0.25, 0.3) is 0 Å². The van der Waals surface area contributed by atoms with E-state index < -0.39 is 8.07 Å². The summed E-state index contributed by atoms with van der Waals surface area (Å²) >= 11 is 0. The van der Waals surface area contributed by atoms with Crippen molar-refractivity contribution in [1.29, 1.82) is 0 Å². The maximum Gasteiger partial charge on any atom is 0.0449 e. The van der Waals surface area contributed by atoms with Crippen molar-refractivity contribution >= 4 is 8.07 Å². The smallest absolute Gasteiger partial charge is 0.0449 e. The van der Waals surface area contributed by atoms with Gasteiger partial charge in [0.1, 0.15) is 0 Å². The molecule has 2 heteroatoms. The van der Waals surface area contributed by atoms with Crippen LogP contribution in [0.4, 0.5) is 0 Å². The maximum absolute atomic E-state index is 3.61. The van der Waals surface area contributed by atoms with Gasteiger partial charge >= 0.3 is 0 Å². The maximum atomic E-state index is 3.61. The normalized spacial score (nSPS) is 13.9. The molecule has 0 spiro atoms. The van der Waals surface area contributed by atoms with Gasteiger partial charge in [0, 0.05) is 20.7 Å². The van der Waals surface area contributed by atoms with E-state index in [1.165, 1.54) is 17.2 Å². The minimum absolute atomic E-state index is 0.568. The molecule has 0 aliphatic carbocycles. The van der Waals surface area contributed by atoms with Gasteiger partial charge in [0.15, 0.2) is 0 Å². The minimum atomic E-state index is -1.03. The monoisotopic (exact) mass is 263 g/mol. The molecule has 1 unspecified atom stereocenters. The Morgan fingerprint density at radius 3 is 2.33 bits per heavy atom. The second-order valence-corrected chi connectivity index (χ2v) is 12.5. The van der Waals surface area contributed by atoms with Crippen molar-refractivity contribution < 1.29 is 0 Å². The molecule has 0 aromatic heterocycles. The molecule has 0 radical (unpaired) electrons. The largest absolute Gasteiger partial charge is 0.314 e. The molecule has 0 saturated heterocycles. The van der Waals surface area contributed by atoms with E-state index in [2.05, 4.69) is 70.0 Å². The molecule has 1 rings (SSSR count). The van der Waals surface area contributed by atoms with Crippen molar-refractivity contribution in [2.45, 2.75) is 58.4 Å². The molecular formula is C16H29NSi. The highest BCUT2D eigenvalue weighted by Crippen LogP contribution is 2.26. The lowest BCUT2D eigenvalue weighted by Crippen LogP contribution is -2.32. The molecule has 1 nitrogen and oxygen atoms in total. The van der Waals surface area contributed by atoms with E-state index in [1.807, 2.05) is 0 Å². The first-order valence-corrected chi connectivity index (χ1v) is 10.8. The van der Waals surface area contributed by atoms with Crippen LogP contribution in [0.15, 0.2) is 24.3 Å². The zero-order valence-electron chi connectivity index (χ0n) is 12.9. The van der Waals surface area contributed by atoms with Crippen molar-refractivity contribution in [3.8, 4) is 0 Å². The number of benzene rings is 1. The zero-order chi connectivity index (χ0) is 13.8. The third kappa shape index (κ3) is 5.83. The van der Waals surface area contributed by atoms with Gasteiger partial charge in [0.05, 0.1) is 0 Å². The average Bonchev–Trinajstić information content (AvgIpc) is 2.22. The van der Waals surface area contributed by atoms with Crippen LogP contribution in [0.2, 0.25) is 25.7 Å². The van der Waals surface area contributed by atoms with Crippen molar-refractivity contribution in [3.63, 3.8) is 0 Å². The number of nitrogens with one attached hydrogen (secondary N) is 1. The Labute approximate surface area is 114 Å². The summed E-state index contributed by atoms with van der Waals surface area (Å²) in [4.78, 5) is 0. The molecule has 0 heterocycles. The van der Waals surface area contributed by atoms with Crippen LogP contribution in [0.1, 0.15) is 30.9 Å². The predicted molar refractivity (Wildman–Crippen MR) is 85.2 cm³/mol. The van der Waals surface area contributed by atoms with Gasteiger partial charge in [0.2, 0.25) is 0 Å². The molecule has 0 amide bonds. The van der Waals surface area contributed by atoms with E-state index in [0.29, 0.717) is 12.0 Å². The quantitative estimate of drug-likeness (QED) is 0.749. The van der Waals surface area contributed by atoms with Crippen LogP contribution < -0.4 is 5.32 Å². The summed E-state index contributed by atoms with van der Waals surface area (Å²) in [5, 5.41) is 3.61. The van der Waals surface area contributed by atoms with Gasteiger partial charge < -0.3 is 5.32 Å². The highest BCUT2D eigenvalue weighted by Gasteiger charge is 2.21. The van der Waals surface area contributed by atoms with Crippen LogP contribution in [0.3, 0.4) is 0 Å². The number of aryl methyl sites for hydroxylation is 1. The summed E-state index contributed by atoms with van der Waals surface area (Å²) < 4.78 is 0. The van der Waals surface area contributed by atoms with Gasteiger partial charge in [-0.2, -0.15) is 0 Å². The summed E-state index contributed by atoms with van der Waals surface area (Å²) in [5.41, 5.74) is 2.88. The van der Waals surface area contributed by atoms with E-state index in [9.17, 15) is 0 Å². The highest BCUT2D eigenvalue weighted by atomic mass is 28.3. The Kier molecular flexibility index (Phi) is 5.61. The first-order valence-electron chi connectivity index (χ1n) is 7.08. The lowest BCUT2D eigenvalue weighted by atomic mass is 9.99. The van der Waals surface area contributed by atoms with Gasteiger partial charge in [-0.05, 0) is 24.4 Å². The van der Waals surface area contributed by atoms with E-state index in [0.717, 1.165) is 6.54 Å². The van der Waals surface area contributed by atoms with Crippen LogP contribution in [0.5, 0.6) is 0 Å². The Morgan fingerprint density at radius 1 is 1.17 bits per heavy atom. The van der Waals surface area contributed by atoms with Gasteiger partial charge in [-0.25, -0.2) is 0 Å². The Balaban J connectivity index is 2.82. The number of rotatable bonds is 6. The Hall–Kier alpha value is -0.603. The van der Waals surface area contributed by atoms with Crippen LogP contribution >= 0.6 is 0 Å². The Bertz CT molecular complexity index is 366. The zero-order valence-corrected chi connectivity index (χ0v) is 13.9. The number of hydrogen-bond donors (Lipinski definition) is 1. The molecule has 0 bridgehead atoms. The van der Waals surface area contributed by atoms with E-state index in [1.54, 1.807) is 0 Å². The van der Waals surface area contributed by atoms with Gasteiger partial charge in [-0.1, -0.05) is 63.3 Å². The molecule has 1 aromatic carbocycles. The third-order valence-corrected chi connectivity index (χ3v) is 4.86. The molecule has 1 aromatic rings. The fraction of sp³-hybridized carbons (Fsp3) is 0.625. The first kappa shape index (κ1) is 15.5. The van der Waals surface area contributed by atoms with Gasteiger partial charge in [-0.3, -0.25) is 0 Å². The topological polar surface area (TPSA) is 12.0 Å². The lowest BCUT2D eigenvalue weighted by Gasteiger charge is -2.26. The first-order chi connectivity index (χ1) is 8.28. The van der Waals surface area contributed by atoms with Crippen molar-refractivity contribution in [3.05, 3.63) is 35.4 Å². The fourth-order valence-electron chi connectivity index (χ4n) is 2.35. The summed E-state index contributed by atoms with van der Waals surface area (Å²) in [6, 6.07) is 10.9. The van der Waals surface area contributed by atoms with Crippen LogP contribution in [0, 0.1) is 6.92 Å². The summed E-state index contributed by atoms with van der Waals surface area (Å²) in [7, 11) is -1.03. The minimum Gasteiger partial charge on any atom is -0.314 e. The molecular weight excluding hydrogens is 234 g/mol. The highest BCUT2D eigenvalue weighted by molar-refractivity contribution is 6.76. The summed E-state index contributed by atoms with van der Waals surface area (Å²) in [6.45, 7) is 15.1. The van der Waals surface area contributed by atoms with Crippen molar-refractivity contribution in [2.24, 2.45) is 0 Å². The lowest BCUT2D eigenvalue weighted by molar-refractivity contribution is 0.545. The molecule has 102 valence electrons. The molecule has 0 fully saturated rings. The van der Waals surface area contributed by atoms with Gasteiger partial charge in [-0.15, -0.1) is 0 Å². The molecule has 1 atom stereocenters. The van der Waals surface area contributed by atoms with Crippen LogP contribution in [-0.2, 0) is 0 Å². The van der Waals surface area contributed by atoms with E-state index in [4.69, 9.17) is 0 Å². The molecule has 18 heavy (non-hydrogen) atoms. The predicted octanol–water partition coefficient (Wildman–Crippen LogP) is 4.41. The summed E-state index contributed by atoms with van der Waals surface area (Å²) in [5.74, 6) is 0.666. The SMILES string of the molecule is Cc1cccc(C(CNC(C)C)C[Si](C)(C)C)c1. The van der Waals surface area contributed by atoms with E-state index in [-0.39, 0.29) is 0 Å². The van der Waals surface area contributed by atoms with Crippen LogP contribution in [0.25, 0.3) is 0 Å². The molecule has 0 aliphatic rings. The molecule has 0 saturated carbocycles. The van der Waals surface area contributed by atoms with Crippen molar-refractivity contribution in [2.75, 3.05) is 6.54 Å². The third-order valence-electron chi connectivity index (χ3n) is 3.14.